The second-order valence-electron chi connectivity index (χ2n) is 6.17. The van der Waals surface area contributed by atoms with E-state index in [1.165, 1.54) is 36.7 Å². The molecular weight excluding hydrogens is 337 g/mol. The van der Waals surface area contributed by atoms with E-state index in [4.69, 9.17) is 0 Å². The van der Waals surface area contributed by atoms with Crippen LogP contribution in [0.2, 0.25) is 0 Å². The largest absolute Gasteiger partial charge is 0.388 e. The van der Waals surface area contributed by atoms with Crippen molar-refractivity contribution >= 4 is 28.5 Å². The van der Waals surface area contributed by atoms with E-state index in [0.29, 0.717) is 22.5 Å². The van der Waals surface area contributed by atoms with E-state index in [1.54, 1.807) is 12.1 Å². The molecule has 1 fully saturated rings. The number of aliphatic hydroxyl groups is 1. The molecule has 0 radical (unpaired) electrons. The minimum atomic E-state index is -0.694. The van der Waals surface area contributed by atoms with Crippen molar-refractivity contribution in [3.63, 3.8) is 0 Å². The molecule has 2 N–H and O–H groups in total. The van der Waals surface area contributed by atoms with Crippen molar-refractivity contribution in [3.05, 3.63) is 59.9 Å². The molecule has 1 unspecified atom stereocenters. The molecule has 1 atom stereocenters. The second-order valence-corrected chi connectivity index (χ2v) is 7.16. The van der Waals surface area contributed by atoms with Gasteiger partial charge < -0.3 is 10.4 Å². The first-order chi connectivity index (χ1) is 12.2. The van der Waals surface area contributed by atoms with Crippen LogP contribution in [0.5, 0.6) is 0 Å². The molecule has 0 aliphatic heterocycles. The molecule has 2 aromatic carbocycles. The summed E-state index contributed by atoms with van der Waals surface area (Å²) in [5.41, 5.74) is 1.57. The Hall–Kier alpha value is -2.18. The summed E-state index contributed by atoms with van der Waals surface area (Å²) in [5.74, 6) is 0.955. The molecule has 4 rings (SSSR count). The Balaban J connectivity index is 1.53. The lowest BCUT2D eigenvalue weighted by Gasteiger charge is -2.12. The molecule has 1 heterocycles. The minimum Gasteiger partial charge on any atom is -0.388 e. The van der Waals surface area contributed by atoms with E-state index in [9.17, 15) is 9.50 Å². The summed E-state index contributed by atoms with van der Waals surface area (Å²) in [6, 6.07) is 14.3. The maximum Gasteiger partial charge on any atom is 0.190 e. The SMILES string of the molecule is OC(CSc1nc(NC2CC2)c2ccccc2n1)c1ccc(F)cc1. The standard InChI is InChI=1S/C19H18FN3OS/c20-13-7-5-12(6-8-13)17(24)11-25-19-22-16-4-2-1-3-15(16)18(23-19)21-14-9-10-14/h1-8,14,17,24H,9-11H2,(H,21,22,23). The fourth-order valence-corrected chi connectivity index (χ4v) is 3.40. The van der Waals surface area contributed by atoms with Crippen LogP contribution >= 0.6 is 11.8 Å². The molecule has 4 nitrogen and oxygen atoms in total. The molecule has 6 heteroatoms. The summed E-state index contributed by atoms with van der Waals surface area (Å²) in [5, 5.41) is 15.4. The van der Waals surface area contributed by atoms with Gasteiger partial charge >= 0.3 is 0 Å². The van der Waals surface area contributed by atoms with Crippen molar-refractivity contribution in [1.82, 2.24) is 9.97 Å². The molecule has 3 aromatic rings. The van der Waals surface area contributed by atoms with Gasteiger partial charge in [-0.2, -0.15) is 0 Å². The summed E-state index contributed by atoms with van der Waals surface area (Å²) in [4.78, 5) is 9.21. The molecule has 0 spiro atoms. The van der Waals surface area contributed by atoms with Crippen LogP contribution in [0, 0.1) is 5.82 Å². The first-order valence-electron chi connectivity index (χ1n) is 8.29. The van der Waals surface area contributed by atoms with Crippen molar-refractivity contribution in [2.75, 3.05) is 11.1 Å². The van der Waals surface area contributed by atoms with Gasteiger partial charge in [0.1, 0.15) is 11.6 Å². The number of aliphatic hydroxyl groups excluding tert-OH is 1. The van der Waals surface area contributed by atoms with Crippen molar-refractivity contribution < 1.29 is 9.50 Å². The number of para-hydroxylation sites is 1. The topological polar surface area (TPSA) is 58.0 Å². The van der Waals surface area contributed by atoms with Crippen LogP contribution < -0.4 is 5.32 Å². The van der Waals surface area contributed by atoms with Crippen molar-refractivity contribution in [2.24, 2.45) is 0 Å². The van der Waals surface area contributed by atoms with E-state index in [1.807, 2.05) is 24.3 Å². The molecule has 25 heavy (non-hydrogen) atoms. The van der Waals surface area contributed by atoms with Crippen LogP contribution in [-0.4, -0.2) is 26.9 Å². The summed E-state index contributed by atoms with van der Waals surface area (Å²) < 4.78 is 13.0. The fraction of sp³-hybridized carbons (Fsp3) is 0.263. The number of nitrogens with zero attached hydrogens (tertiary/aromatic N) is 2. The predicted molar refractivity (Wildman–Crippen MR) is 98.3 cm³/mol. The highest BCUT2D eigenvalue weighted by Gasteiger charge is 2.23. The average Bonchev–Trinajstić information content (AvgIpc) is 3.44. The zero-order chi connectivity index (χ0) is 17.2. The number of anilines is 1. The second kappa shape index (κ2) is 6.98. The molecule has 0 amide bonds. The maximum atomic E-state index is 13.0. The summed E-state index contributed by atoms with van der Waals surface area (Å²) >= 11 is 1.40. The first-order valence-corrected chi connectivity index (χ1v) is 9.27. The van der Waals surface area contributed by atoms with Crippen LogP contribution in [0.4, 0.5) is 10.2 Å². The molecule has 0 bridgehead atoms. The highest BCUT2D eigenvalue weighted by molar-refractivity contribution is 7.99. The van der Waals surface area contributed by atoms with Gasteiger partial charge in [0.05, 0.1) is 11.6 Å². The summed E-state index contributed by atoms with van der Waals surface area (Å²) in [6.07, 6.45) is 1.65. The Bertz CT molecular complexity index is 883. The van der Waals surface area contributed by atoms with Gasteiger partial charge in [0, 0.05) is 17.2 Å². The van der Waals surface area contributed by atoms with Gasteiger partial charge in [0.25, 0.3) is 0 Å². The summed E-state index contributed by atoms with van der Waals surface area (Å²) in [6.45, 7) is 0. The Morgan fingerprint density at radius 3 is 2.64 bits per heavy atom. The third-order valence-electron chi connectivity index (χ3n) is 4.13. The fourth-order valence-electron chi connectivity index (χ4n) is 2.59. The quantitative estimate of drug-likeness (QED) is 0.513. The van der Waals surface area contributed by atoms with Crippen molar-refractivity contribution in [3.8, 4) is 0 Å². The third kappa shape index (κ3) is 3.91. The van der Waals surface area contributed by atoms with Gasteiger partial charge in [-0.25, -0.2) is 14.4 Å². The number of thioether (sulfide) groups is 1. The monoisotopic (exact) mass is 355 g/mol. The van der Waals surface area contributed by atoms with Gasteiger partial charge in [-0.3, -0.25) is 0 Å². The molecule has 1 aliphatic carbocycles. The van der Waals surface area contributed by atoms with Gasteiger partial charge in [-0.05, 0) is 42.7 Å². The van der Waals surface area contributed by atoms with Crippen molar-refractivity contribution in [2.45, 2.75) is 30.1 Å². The predicted octanol–water partition coefficient (Wildman–Crippen LogP) is 4.17. The van der Waals surface area contributed by atoms with E-state index in [0.717, 1.165) is 16.7 Å². The Morgan fingerprint density at radius 2 is 1.88 bits per heavy atom. The van der Waals surface area contributed by atoms with E-state index in [-0.39, 0.29) is 5.82 Å². The Morgan fingerprint density at radius 1 is 1.12 bits per heavy atom. The molecule has 1 saturated carbocycles. The van der Waals surface area contributed by atoms with Crippen LogP contribution in [0.15, 0.2) is 53.7 Å². The average molecular weight is 355 g/mol. The zero-order valence-corrected chi connectivity index (χ0v) is 14.3. The number of hydrogen-bond donors (Lipinski definition) is 2. The number of aromatic nitrogens is 2. The van der Waals surface area contributed by atoms with E-state index >= 15 is 0 Å². The van der Waals surface area contributed by atoms with E-state index in [2.05, 4.69) is 15.3 Å². The lowest BCUT2D eigenvalue weighted by atomic mass is 10.1. The summed E-state index contributed by atoms with van der Waals surface area (Å²) in [7, 11) is 0. The maximum absolute atomic E-state index is 13.0. The first kappa shape index (κ1) is 16.3. The van der Waals surface area contributed by atoms with Crippen LogP contribution in [0.25, 0.3) is 10.9 Å². The number of nitrogens with one attached hydrogen (secondary N) is 1. The van der Waals surface area contributed by atoms with Gasteiger partial charge in [-0.15, -0.1) is 0 Å². The van der Waals surface area contributed by atoms with Crippen LogP contribution in [0.3, 0.4) is 0 Å². The molecule has 0 saturated heterocycles. The number of fused-ring (bicyclic) bond motifs is 1. The zero-order valence-electron chi connectivity index (χ0n) is 13.5. The molecule has 128 valence electrons. The minimum absolute atomic E-state index is 0.308. The molecule has 1 aliphatic rings. The molecular formula is C19H18FN3OS. The highest BCUT2D eigenvalue weighted by Crippen LogP contribution is 2.30. The van der Waals surface area contributed by atoms with E-state index < -0.39 is 6.10 Å². The highest BCUT2D eigenvalue weighted by atomic mass is 32.2. The lowest BCUT2D eigenvalue weighted by Crippen LogP contribution is -2.06. The van der Waals surface area contributed by atoms with Gasteiger partial charge in [0.2, 0.25) is 0 Å². The molecule has 1 aromatic heterocycles. The van der Waals surface area contributed by atoms with Crippen molar-refractivity contribution in [1.29, 1.82) is 0 Å². The number of halogens is 1. The van der Waals surface area contributed by atoms with Gasteiger partial charge in [0.15, 0.2) is 5.16 Å². The van der Waals surface area contributed by atoms with Crippen LogP contribution in [0.1, 0.15) is 24.5 Å². The number of hydrogen-bond acceptors (Lipinski definition) is 5. The Kier molecular flexibility index (Phi) is 4.55. The Labute approximate surface area is 149 Å². The van der Waals surface area contributed by atoms with Crippen LogP contribution in [-0.2, 0) is 0 Å². The van der Waals surface area contributed by atoms with Gasteiger partial charge in [-0.1, -0.05) is 36.0 Å². The smallest absolute Gasteiger partial charge is 0.190 e. The lowest BCUT2D eigenvalue weighted by molar-refractivity contribution is 0.204. The number of rotatable bonds is 6. The number of benzene rings is 2. The normalized spacial score (nSPS) is 15.3. The third-order valence-corrected chi connectivity index (χ3v) is 5.05.